The summed E-state index contributed by atoms with van der Waals surface area (Å²) in [5.41, 5.74) is 4.43. The first-order chi connectivity index (χ1) is 17.7. The number of anilines is 1. The summed E-state index contributed by atoms with van der Waals surface area (Å²) in [4.78, 5) is 7.57. The first-order valence-corrected chi connectivity index (χ1v) is 12.1. The Morgan fingerprint density at radius 3 is 2.24 bits per heavy atom. The van der Waals surface area contributed by atoms with Gasteiger partial charge in [0, 0.05) is 61.3 Å². The predicted molar refractivity (Wildman–Crippen MR) is 135 cm³/mol. The average molecular weight is 512 g/mol. The number of hydrogen-bond acceptors (Lipinski definition) is 2. The Bertz CT molecular complexity index is 1390. The molecule has 4 aromatic rings. The van der Waals surface area contributed by atoms with E-state index >= 15 is 0 Å². The second-order valence-electron chi connectivity index (χ2n) is 9.28. The fourth-order valence-corrected chi connectivity index (χ4v) is 5.01. The molecule has 1 N–H and O–H groups in total. The SMILES string of the molecule is Cc1[nH]c(-c2ccccc2)c(CN2CCN(c3cccc(C(F)(F)F)c3)CC2)c1-c1ccc(F)cc1F. The molecule has 0 unspecified atom stereocenters. The maximum atomic E-state index is 14.9. The molecule has 1 fully saturated rings. The highest BCUT2D eigenvalue weighted by Gasteiger charge is 2.31. The molecule has 0 radical (unpaired) electrons. The van der Waals surface area contributed by atoms with E-state index in [9.17, 15) is 22.0 Å². The van der Waals surface area contributed by atoms with Crippen LogP contribution in [0, 0.1) is 18.6 Å². The standard InChI is InChI=1S/C29H26F5N3/c1-19-27(24-11-10-22(30)17-26(24)31)25(28(35-19)20-6-3-2-4-7-20)18-36-12-14-37(15-13-36)23-9-5-8-21(16-23)29(32,33)34/h2-11,16-17,35H,12-15,18H2,1H3. The van der Waals surface area contributed by atoms with Gasteiger partial charge < -0.3 is 9.88 Å². The number of halogens is 5. The third kappa shape index (κ3) is 5.25. The lowest BCUT2D eigenvalue weighted by Crippen LogP contribution is -2.46. The molecule has 5 rings (SSSR count). The van der Waals surface area contributed by atoms with E-state index in [1.165, 1.54) is 24.3 Å². The van der Waals surface area contributed by atoms with Crippen LogP contribution in [0.3, 0.4) is 0 Å². The van der Waals surface area contributed by atoms with Crippen molar-refractivity contribution in [3.63, 3.8) is 0 Å². The molecule has 0 aliphatic carbocycles. The first-order valence-electron chi connectivity index (χ1n) is 12.1. The van der Waals surface area contributed by atoms with E-state index in [1.807, 2.05) is 42.2 Å². The number of aryl methyl sites for hydroxylation is 1. The van der Waals surface area contributed by atoms with Gasteiger partial charge in [0.15, 0.2) is 0 Å². The van der Waals surface area contributed by atoms with E-state index < -0.39 is 23.4 Å². The van der Waals surface area contributed by atoms with Gasteiger partial charge in [0.2, 0.25) is 0 Å². The van der Waals surface area contributed by atoms with E-state index in [2.05, 4.69) is 9.88 Å². The van der Waals surface area contributed by atoms with E-state index in [0.29, 0.717) is 49.5 Å². The average Bonchev–Trinajstić information content (AvgIpc) is 3.20. The number of piperazine rings is 1. The molecule has 1 aromatic heterocycles. The summed E-state index contributed by atoms with van der Waals surface area (Å²) in [6.45, 7) is 4.76. The first kappa shape index (κ1) is 25.0. The number of nitrogens with zero attached hydrogens (tertiary/aromatic N) is 2. The van der Waals surface area contributed by atoms with Gasteiger partial charge in [-0.15, -0.1) is 0 Å². The van der Waals surface area contributed by atoms with Gasteiger partial charge in [-0.1, -0.05) is 36.4 Å². The fraction of sp³-hybridized carbons (Fsp3) is 0.241. The highest BCUT2D eigenvalue weighted by atomic mass is 19.4. The molecular formula is C29H26F5N3. The molecule has 1 aliphatic heterocycles. The van der Waals surface area contributed by atoms with Crippen LogP contribution in [0.25, 0.3) is 22.4 Å². The van der Waals surface area contributed by atoms with Crippen molar-refractivity contribution in [1.82, 2.24) is 9.88 Å². The molecule has 0 atom stereocenters. The van der Waals surface area contributed by atoms with Crippen LogP contribution in [0.15, 0.2) is 72.8 Å². The van der Waals surface area contributed by atoms with Gasteiger partial charge in [-0.05, 0) is 48.4 Å². The van der Waals surface area contributed by atoms with Gasteiger partial charge in [-0.2, -0.15) is 13.2 Å². The largest absolute Gasteiger partial charge is 0.416 e. The molecule has 3 nitrogen and oxygen atoms in total. The summed E-state index contributed by atoms with van der Waals surface area (Å²) in [5.74, 6) is -1.26. The summed E-state index contributed by atoms with van der Waals surface area (Å²) in [6.07, 6.45) is -4.39. The minimum Gasteiger partial charge on any atom is -0.369 e. The van der Waals surface area contributed by atoms with Crippen molar-refractivity contribution >= 4 is 5.69 Å². The van der Waals surface area contributed by atoms with Crippen LogP contribution in [0.4, 0.5) is 27.6 Å². The molecule has 1 aliphatic rings. The zero-order valence-electron chi connectivity index (χ0n) is 20.2. The Hall–Kier alpha value is -3.65. The molecule has 2 heterocycles. The topological polar surface area (TPSA) is 22.3 Å². The quantitative estimate of drug-likeness (QED) is 0.285. The molecule has 0 bridgehead atoms. The minimum absolute atomic E-state index is 0.329. The van der Waals surface area contributed by atoms with Crippen molar-refractivity contribution < 1.29 is 22.0 Å². The molecule has 0 spiro atoms. The number of benzene rings is 3. The second kappa shape index (κ2) is 10.0. The van der Waals surface area contributed by atoms with Crippen LogP contribution in [-0.4, -0.2) is 36.1 Å². The monoisotopic (exact) mass is 511 g/mol. The maximum absolute atomic E-state index is 14.9. The van der Waals surface area contributed by atoms with Crippen molar-refractivity contribution in [2.75, 3.05) is 31.1 Å². The molecule has 192 valence electrons. The number of aromatic amines is 1. The second-order valence-corrected chi connectivity index (χ2v) is 9.28. The molecular weight excluding hydrogens is 485 g/mol. The molecule has 8 heteroatoms. The Morgan fingerprint density at radius 1 is 0.838 bits per heavy atom. The van der Waals surface area contributed by atoms with Crippen LogP contribution in [0.2, 0.25) is 0 Å². The number of rotatable bonds is 5. The van der Waals surface area contributed by atoms with Gasteiger partial charge in [-0.3, -0.25) is 4.90 Å². The predicted octanol–water partition coefficient (Wildman–Crippen LogP) is 7.28. The summed E-state index contributed by atoms with van der Waals surface area (Å²) in [6, 6.07) is 18.7. The van der Waals surface area contributed by atoms with Crippen molar-refractivity contribution in [2.24, 2.45) is 0 Å². The van der Waals surface area contributed by atoms with E-state index in [-0.39, 0.29) is 0 Å². The smallest absolute Gasteiger partial charge is 0.369 e. The van der Waals surface area contributed by atoms with E-state index in [0.717, 1.165) is 34.6 Å². The summed E-state index contributed by atoms with van der Waals surface area (Å²) >= 11 is 0. The number of alkyl halides is 3. The van der Waals surface area contributed by atoms with Gasteiger partial charge in [0.05, 0.1) is 11.3 Å². The summed E-state index contributed by atoms with van der Waals surface area (Å²) in [5, 5.41) is 0. The van der Waals surface area contributed by atoms with Crippen LogP contribution >= 0.6 is 0 Å². The van der Waals surface area contributed by atoms with Crippen molar-refractivity contribution in [3.05, 3.63) is 101 Å². The van der Waals surface area contributed by atoms with Crippen molar-refractivity contribution in [1.29, 1.82) is 0 Å². The minimum atomic E-state index is -4.39. The van der Waals surface area contributed by atoms with E-state index in [4.69, 9.17) is 0 Å². The lowest BCUT2D eigenvalue weighted by atomic mass is 9.97. The van der Waals surface area contributed by atoms with Gasteiger partial charge in [0.1, 0.15) is 11.6 Å². The number of aromatic nitrogens is 1. The summed E-state index contributed by atoms with van der Waals surface area (Å²) < 4.78 is 68.0. The maximum Gasteiger partial charge on any atom is 0.416 e. The number of H-pyrrole nitrogens is 1. The fourth-order valence-electron chi connectivity index (χ4n) is 5.01. The summed E-state index contributed by atoms with van der Waals surface area (Å²) in [7, 11) is 0. The zero-order chi connectivity index (χ0) is 26.2. The van der Waals surface area contributed by atoms with Crippen LogP contribution < -0.4 is 4.90 Å². The molecule has 37 heavy (non-hydrogen) atoms. The third-order valence-corrected chi connectivity index (χ3v) is 6.85. The normalized spacial score (nSPS) is 14.8. The molecule has 1 saturated heterocycles. The Morgan fingerprint density at radius 2 is 1.57 bits per heavy atom. The molecule has 0 amide bonds. The highest BCUT2D eigenvalue weighted by Crippen LogP contribution is 2.38. The van der Waals surface area contributed by atoms with Crippen molar-refractivity contribution in [3.8, 4) is 22.4 Å². The Labute approximate surface area is 212 Å². The van der Waals surface area contributed by atoms with Gasteiger partial charge in [-0.25, -0.2) is 8.78 Å². The number of hydrogen-bond donors (Lipinski definition) is 1. The van der Waals surface area contributed by atoms with E-state index in [1.54, 1.807) is 6.07 Å². The van der Waals surface area contributed by atoms with Crippen LogP contribution in [0.1, 0.15) is 16.8 Å². The number of nitrogens with one attached hydrogen (secondary N) is 1. The molecule has 3 aromatic carbocycles. The Balaban J connectivity index is 1.43. The lowest BCUT2D eigenvalue weighted by Gasteiger charge is -2.36. The van der Waals surface area contributed by atoms with Gasteiger partial charge in [0.25, 0.3) is 0 Å². The zero-order valence-corrected chi connectivity index (χ0v) is 20.2. The van der Waals surface area contributed by atoms with Crippen LogP contribution in [-0.2, 0) is 12.7 Å². The highest BCUT2D eigenvalue weighted by molar-refractivity contribution is 5.80. The lowest BCUT2D eigenvalue weighted by molar-refractivity contribution is -0.137. The van der Waals surface area contributed by atoms with Gasteiger partial charge >= 0.3 is 6.18 Å². The Kier molecular flexibility index (Phi) is 6.77. The van der Waals surface area contributed by atoms with Crippen molar-refractivity contribution in [2.45, 2.75) is 19.6 Å². The molecule has 0 saturated carbocycles. The third-order valence-electron chi connectivity index (χ3n) is 6.85. The van der Waals surface area contributed by atoms with Crippen LogP contribution in [0.5, 0.6) is 0 Å².